The van der Waals surface area contributed by atoms with E-state index in [4.69, 9.17) is 14.2 Å². The number of halogens is 2. The van der Waals surface area contributed by atoms with E-state index in [1.165, 1.54) is 34.2 Å². The Kier molecular flexibility index (Phi) is 8.91. The molecule has 2 aliphatic rings. The minimum absolute atomic E-state index is 0.0340. The molecule has 5 aromatic rings. The van der Waals surface area contributed by atoms with Crippen LogP contribution in [0, 0.1) is 11.6 Å². The van der Waals surface area contributed by atoms with Crippen molar-refractivity contribution >= 4 is 11.4 Å². The summed E-state index contributed by atoms with van der Waals surface area (Å²) in [5.41, 5.74) is 2.96. The first-order valence-electron chi connectivity index (χ1n) is 16.0. The molecule has 4 heterocycles. The molecule has 2 aromatic heterocycles. The van der Waals surface area contributed by atoms with E-state index in [1.807, 2.05) is 43.3 Å². The molecule has 2 saturated heterocycles. The molecule has 48 heavy (non-hydrogen) atoms. The Balaban J connectivity index is 0.925. The monoisotopic (exact) mass is 658 g/mol. The normalized spacial score (nSPS) is 19.6. The van der Waals surface area contributed by atoms with E-state index in [2.05, 4.69) is 37.1 Å². The first kappa shape index (κ1) is 31.5. The Morgan fingerprint density at radius 1 is 0.896 bits per heavy atom. The maximum absolute atomic E-state index is 14.9. The molecule has 3 aromatic carbocycles. The maximum atomic E-state index is 14.9. The third-order valence-electron chi connectivity index (χ3n) is 8.62. The Bertz CT molecular complexity index is 1870. The first-order valence-corrected chi connectivity index (χ1v) is 16.0. The highest BCUT2D eigenvalue weighted by molar-refractivity contribution is 5.54. The van der Waals surface area contributed by atoms with Gasteiger partial charge in [-0.3, -0.25) is 0 Å². The predicted molar refractivity (Wildman–Crippen MR) is 173 cm³/mol. The van der Waals surface area contributed by atoms with Crippen molar-refractivity contribution in [1.82, 2.24) is 29.1 Å². The Morgan fingerprint density at radius 2 is 1.58 bits per heavy atom. The molecule has 2 atom stereocenters. The SMILES string of the molecule is CCCn1ncn(-c2ccc(N3CCN(c4ccc(OCC5COC(Cn6cncn6)(c6ccc(F)cc6F)O5)cc4)CC3)cc2)c1=O. The fraction of sp³-hybridized carbons (Fsp3) is 0.353. The average molecular weight is 659 g/mol. The smallest absolute Gasteiger partial charge is 0.350 e. The number of anilines is 2. The molecule has 250 valence electrons. The van der Waals surface area contributed by atoms with Gasteiger partial charge in [0, 0.05) is 55.7 Å². The van der Waals surface area contributed by atoms with E-state index in [1.54, 1.807) is 10.9 Å². The number of rotatable bonds is 11. The van der Waals surface area contributed by atoms with Gasteiger partial charge in [0.2, 0.25) is 5.79 Å². The molecule has 12 nitrogen and oxygen atoms in total. The van der Waals surface area contributed by atoms with Gasteiger partial charge in [0.1, 0.15) is 55.6 Å². The summed E-state index contributed by atoms with van der Waals surface area (Å²) >= 11 is 0. The molecule has 7 rings (SSSR count). The van der Waals surface area contributed by atoms with E-state index in [-0.39, 0.29) is 31.0 Å². The Morgan fingerprint density at radius 3 is 2.23 bits per heavy atom. The molecule has 0 saturated carbocycles. The summed E-state index contributed by atoms with van der Waals surface area (Å²) in [5.74, 6) is -2.29. The summed E-state index contributed by atoms with van der Waals surface area (Å²) in [6.07, 6.45) is 4.77. The number of hydrogen-bond acceptors (Lipinski definition) is 9. The van der Waals surface area contributed by atoms with Gasteiger partial charge in [-0.05, 0) is 67.1 Å². The standard InChI is InChI=1S/C34H36F2N8O4/c1-2-13-44-33(45)43(24-39-44)28-6-4-26(5-7-28)40-14-16-41(17-15-40)27-8-10-29(11-9-27)46-19-30-20-47-34(48-30,21-42-23-37-22-38-42)31-12-3-25(35)18-32(31)36/h3-12,18,22-24,30H,2,13-17,19-21H2,1H3. The van der Waals surface area contributed by atoms with E-state index in [0.29, 0.717) is 12.3 Å². The molecule has 2 fully saturated rings. The number of aromatic nitrogens is 6. The van der Waals surface area contributed by atoms with Crippen LogP contribution in [0.3, 0.4) is 0 Å². The van der Waals surface area contributed by atoms with Gasteiger partial charge in [-0.1, -0.05) is 6.92 Å². The molecular formula is C34H36F2N8O4. The Labute approximate surface area is 275 Å². The molecule has 14 heteroatoms. The minimum atomic E-state index is -1.51. The molecule has 0 radical (unpaired) electrons. The molecule has 0 N–H and O–H groups in total. The lowest BCUT2D eigenvalue weighted by molar-refractivity contribution is -0.192. The largest absolute Gasteiger partial charge is 0.491 e. The summed E-state index contributed by atoms with van der Waals surface area (Å²) < 4.78 is 51.3. The summed E-state index contributed by atoms with van der Waals surface area (Å²) in [6.45, 7) is 6.40. The first-order chi connectivity index (χ1) is 23.4. The lowest BCUT2D eigenvalue weighted by Gasteiger charge is -2.37. The summed E-state index contributed by atoms with van der Waals surface area (Å²) in [5, 5.41) is 8.31. The Hall–Kier alpha value is -5.08. The van der Waals surface area contributed by atoms with Crippen molar-refractivity contribution in [3.8, 4) is 11.4 Å². The van der Waals surface area contributed by atoms with Crippen LogP contribution in [-0.4, -0.2) is 74.6 Å². The average Bonchev–Trinajstić information content (AvgIpc) is 3.86. The summed E-state index contributed by atoms with van der Waals surface area (Å²) in [7, 11) is 0. The third kappa shape index (κ3) is 6.53. The fourth-order valence-corrected chi connectivity index (χ4v) is 6.15. The number of benzene rings is 3. The maximum Gasteiger partial charge on any atom is 0.350 e. The second-order valence-corrected chi connectivity index (χ2v) is 11.8. The van der Waals surface area contributed by atoms with Crippen LogP contribution in [-0.2, 0) is 28.4 Å². The van der Waals surface area contributed by atoms with E-state index in [9.17, 15) is 13.6 Å². The van der Waals surface area contributed by atoms with Gasteiger partial charge >= 0.3 is 5.69 Å². The highest BCUT2D eigenvalue weighted by Gasteiger charge is 2.46. The highest BCUT2D eigenvalue weighted by atomic mass is 19.1. The zero-order chi connectivity index (χ0) is 33.1. The topological polar surface area (TPSA) is 105 Å². The van der Waals surface area contributed by atoms with Crippen LogP contribution in [0.2, 0.25) is 0 Å². The van der Waals surface area contributed by atoms with Crippen LogP contribution in [0.25, 0.3) is 5.69 Å². The predicted octanol–water partition coefficient (Wildman–Crippen LogP) is 3.99. The van der Waals surface area contributed by atoms with Crippen LogP contribution in [0.5, 0.6) is 5.75 Å². The molecule has 2 unspecified atom stereocenters. The van der Waals surface area contributed by atoms with Crippen molar-refractivity contribution in [2.24, 2.45) is 0 Å². The van der Waals surface area contributed by atoms with Gasteiger partial charge < -0.3 is 24.0 Å². The highest BCUT2D eigenvalue weighted by Crippen LogP contribution is 2.38. The summed E-state index contributed by atoms with van der Waals surface area (Å²) in [4.78, 5) is 21.2. The van der Waals surface area contributed by atoms with Gasteiger partial charge in [-0.25, -0.2) is 32.5 Å². The van der Waals surface area contributed by atoms with Crippen molar-refractivity contribution in [2.75, 3.05) is 49.2 Å². The van der Waals surface area contributed by atoms with E-state index in [0.717, 1.165) is 55.7 Å². The van der Waals surface area contributed by atoms with E-state index < -0.39 is 23.5 Å². The number of piperazine rings is 1. The van der Waals surface area contributed by atoms with E-state index >= 15 is 0 Å². The number of aryl methyl sites for hydroxylation is 1. The van der Waals surface area contributed by atoms with Crippen LogP contribution in [0.15, 0.2) is 90.5 Å². The van der Waals surface area contributed by atoms with Crippen molar-refractivity contribution in [3.63, 3.8) is 0 Å². The second-order valence-electron chi connectivity index (χ2n) is 11.8. The fourth-order valence-electron chi connectivity index (χ4n) is 6.15. The van der Waals surface area contributed by atoms with Crippen LogP contribution in [0.1, 0.15) is 18.9 Å². The van der Waals surface area contributed by atoms with Gasteiger partial charge in [0.05, 0.1) is 12.3 Å². The van der Waals surface area contributed by atoms with Crippen LogP contribution < -0.4 is 20.2 Å². The molecule has 2 aliphatic heterocycles. The lowest BCUT2D eigenvalue weighted by Crippen LogP contribution is -2.46. The molecular weight excluding hydrogens is 622 g/mol. The van der Waals surface area contributed by atoms with Gasteiger partial charge in [0.15, 0.2) is 0 Å². The molecule has 0 bridgehead atoms. The van der Waals surface area contributed by atoms with Crippen LogP contribution in [0.4, 0.5) is 20.2 Å². The van der Waals surface area contributed by atoms with Gasteiger partial charge in [0.25, 0.3) is 0 Å². The number of hydrogen-bond donors (Lipinski definition) is 0. The lowest BCUT2D eigenvalue weighted by atomic mass is 10.0. The van der Waals surface area contributed by atoms with Crippen molar-refractivity contribution in [2.45, 2.75) is 38.3 Å². The van der Waals surface area contributed by atoms with Gasteiger partial charge in [-0.15, -0.1) is 0 Å². The van der Waals surface area contributed by atoms with Gasteiger partial charge in [-0.2, -0.15) is 10.2 Å². The van der Waals surface area contributed by atoms with Crippen LogP contribution >= 0.6 is 0 Å². The second kappa shape index (κ2) is 13.6. The quantitative estimate of drug-likeness (QED) is 0.209. The molecule has 0 spiro atoms. The van der Waals surface area contributed by atoms with Crippen molar-refractivity contribution < 1.29 is 23.0 Å². The van der Waals surface area contributed by atoms with Crippen molar-refractivity contribution in [1.29, 1.82) is 0 Å². The third-order valence-corrected chi connectivity index (χ3v) is 8.62. The number of nitrogens with zero attached hydrogens (tertiary/aromatic N) is 8. The zero-order valence-corrected chi connectivity index (χ0v) is 26.5. The zero-order valence-electron chi connectivity index (χ0n) is 26.5. The molecule has 0 amide bonds. The van der Waals surface area contributed by atoms with Crippen molar-refractivity contribution in [3.05, 3.63) is 113 Å². The summed E-state index contributed by atoms with van der Waals surface area (Å²) in [6, 6.07) is 19.2. The number of ether oxygens (including phenoxy) is 3. The molecule has 0 aliphatic carbocycles. The minimum Gasteiger partial charge on any atom is -0.491 e.